The highest BCUT2D eigenvalue weighted by atomic mass is 19.4. The van der Waals surface area contributed by atoms with Crippen molar-refractivity contribution < 1.29 is 31.8 Å². The van der Waals surface area contributed by atoms with E-state index < -0.39 is 40.5 Å². The van der Waals surface area contributed by atoms with Gasteiger partial charge in [-0.05, 0) is 68.3 Å². The molecule has 200 valence electrons. The summed E-state index contributed by atoms with van der Waals surface area (Å²) in [4.78, 5) is 17.2. The quantitative estimate of drug-likeness (QED) is 0.357. The van der Waals surface area contributed by atoms with E-state index >= 15 is 0 Å². The van der Waals surface area contributed by atoms with E-state index in [1.165, 1.54) is 27.0 Å². The number of ether oxygens (including phenoxy) is 2. The lowest BCUT2D eigenvalue weighted by Gasteiger charge is -2.40. The maximum Gasteiger partial charge on any atom is 0.417 e. The lowest BCUT2D eigenvalue weighted by molar-refractivity contribution is -0.139. The van der Waals surface area contributed by atoms with Crippen LogP contribution in [0.3, 0.4) is 0 Å². The molecule has 3 rings (SSSR count). The van der Waals surface area contributed by atoms with E-state index in [1.54, 1.807) is 44.2 Å². The Morgan fingerprint density at radius 1 is 1.03 bits per heavy atom. The van der Waals surface area contributed by atoms with Crippen LogP contribution in [0.2, 0.25) is 0 Å². The number of hydrogen-bond donors (Lipinski definition) is 1. The fourth-order valence-electron chi connectivity index (χ4n) is 3.93. The van der Waals surface area contributed by atoms with E-state index in [0.717, 1.165) is 18.2 Å². The molecular weight excluding hydrogens is 501 g/mol. The Morgan fingerprint density at radius 2 is 1.66 bits per heavy atom. The van der Waals surface area contributed by atoms with Gasteiger partial charge in [-0.1, -0.05) is 19.1 Å². The number of alkyl halides is 3. The molecule has 0 aliphatic carbocycles. The Labute approximate surface area is 218 Å². The van der Waals surface area contributed by atoms with E-state index in [1.807, 2.05) is 6.07 Å². The van der Waals surface area contributed by atoms with Crippen LogP contribution in [0.1, 0.15) is 55.9 Å². The Kier molecular flexibility index (Phi) is 8.01. The molecule has 0 radical (unpaired) electrons. The molecule has 1 heterocycles. The first kappa shape index (κ1) is 28.4. The van der Waals surface area contributed by atoms with Gasteiger partial charge in [0.25, 0.3) is 5.91 Å². The molecule has 0 bridgehead atoms. The second-order valence-corrected chi connectivity index (χ2v) is 9.49. The number of pyridine rings is 1. The molecule has 0 spiro atoms. The Bertz CT molecular complexity index is 1330. The second-order valence-electron chi connectivity index (χ2n) is 9.49. The number of nitriles is 1. The number of amides is 1. The number of rotatable bonds is 8. The number of aromatic nitrogens is 1. The Balaban J connectivity index is 1.97. The monoisotopic (exact) mass is 528 g/mol. The Morgan fingerprint density at radius 3 is 2.18 bits per heavy atom. The van der Waals surface area contributed by atoms with Gasteiger partial charge in [-0.2, -0.15) is 18.4 Å². The predicted molar refractivity (Wildman–Crippen MR) is 132 cm³/mol. The highest BCUT2D eigenvalue weighted by Crippen LogP contribution is 2.39. The third kappa shape index (κ3) is 6.22. The summed E-state index contributed by atoms with van der Waals surface area (Å²) in [6.45, 7) is 6.44. The minimum atomic E-state index is -4.56. The van der Waals surface area contributed by atoms with Crippen molar-refractivity contribution >= 4 is 5.91 Å². The molecule has 2 aromatic carbocycles. The van der Waals surface area contributed by atoms with Gasteiger partial charge in [0, 0.05) is 18.2 Å². The number of nitrogens with one attached hydrogen (secondary N) is 1. The number of carbonyl (C=O) groups is 1. The molecule has 6 nitrogen and oxygen atoms in total. The van der Waals surface area contributed by atoms with Gasteiger partial charge in [0.05, 0.1) is 29.8 Å². The molecule has 0 aliphatic rings. The predicted octanol–water partition coefficient (Wildman–Crippen LogP) is 6.11. The molecule has 10 heteroatoms. The van der Waals surface area contributed by atoms with Crippen LogP contribution in [-0.2, 0) is 16.5 Å². The van der Waals surface area contributed by atoms with Gasteiger partial charge in [0.2, 0.25) is 5.88 Å². The Hall–Kier alpha value is -4.13. The highest BCUT2D eigenvalue weighted by Gasteiger charge is 2.41. The van der Waals surface area contributed by atoms with E-state index in [4.69, 9.17) is 9.47 Å². The SMILES string of the molecule is CC(c1cc(F)cc(C#N)c1)C(C)(NC(=O)C(C)(C)Oc1ccc(C(F)(F)F)cn1)c1ccc(O[11CH3])cc1. The summed E-state index contributed by atoms with van der Waals surface area (Å²) >= 11 is 0. The molecule has 3 aromatic rings. The van der Waals surface area contributed by atoms with E-state index in [9.17, 15) is 27.6 Å². The zero-order valence-electron chi connectivity index (χ0n) is 21.5. The van der Waals surface area contributed by atoms with Gasteiger partial charge in [-0.3, -0.25) is 4.79 Å². The fraction of sp³-hybridized carbons (Fsp3) is 0.321. The molecular formula is C28H27F4N3O3. The number of halogens is 4. The smallest absolute Gasteiger partial charge is 0.417 e. The van der Waals surface area contributed by atoms with Crippen molar-refractivity contribution in [3.8, 4) is 17.7 Å². The molecule has 0 saturated carbocycles. The third-order valence-corrected chi connectivity index (χ3v) is 6.45. The molecule has 0 aliphatic heterocycles. The largest absolute Gasteiger partial charge is 0.497 e. The summed E-state index contributed by atoms with van der Waals surface area (Å²) in [5.41, 5.74) is -2.38. The van der Waals surface area contributed by atoms with Crippen molar-refractivity contribution in [1.82, 2.24) is 10.3 Å². The fourth-order valence-corrected chi connectivity index (χ4v) is 3.93. The highest BCUT2D eigenvalue weighted by molar-refractivity contribution is 5.85. The average molecular weight is 529 g/mol. The summed E-state index contributed by atoms with van der Waals surface area (Å²) in [6.07, 6.45) is -3.93. The van der Waals surface area contributed by atoms with Crippen molar-refractivity contribution in [2.75, 3.05) is 7.11 Å². The van der Waals surface area contributed by atoms with Crippen LogP contribution < -0.4 is 14.8 Å². The van der Waals surface area contributed by atoms with Crippen molar-refractivity contribution in [2.24, 2.45) is 0 Å². The third-order valence-electron chi connectivity index (χ3n) is 6.45. The topological polar surface area (TPSA) is 84.2 Å². The first-order valence-electron chi connectivity index (χ1n) is 11.6. The number of hydrogen-bond acceptors (Lipinski definition) is 5. The maximum atomic E-state index is 14.3. The first-order valence-corrected chi connectivity index (χ1v) is 11.6. The molecule has 1 aromatic heterocycles. The number of methoxy groups -OCH3 is 1. The zero-order valence-corrected chi connectivity index (χ0v) is 21.5. The summed E-state index contributed by atoms with van der Waals surface area (Å²) in [6, 6.07) is 14.7. The molecule has 1 amide bonds. The molecule has 0 fully saturated rings. The van der Waals surface area contributed by atoms with Crippen LogP contribution in [-0.4, -0.2) is 23.6 Å². The minimum Gasteiger partial charge on any atom is -0.497 e. The van der Waals surface area contributed by atoms with E-state index in [-0.39, 0.29) is 11.4 Å². The molecule has 2 unspecified atom stereocenters. The van der Waals surface area contributed by atoms with Gasteiger partial charge in [0.15, 0.2) is 5.60 Å². The zero-order chi connectivity index (χ0) is 28.3. The van der Waals surface area contributed by atoms with Gasteiger partial charge < -0.3 is 14.8 Å². The normalized spacial score (nSPS) is 14.1. The van der Waals surface area contributed by atoms with Crippen molar-refractivity contribution in [3.63, 3.8) is 0 Å². The standard InChI is InChI=1S/C28H27F4N3O3/c1-17(19-12-18(15-33)13-22(29)14-19)27(4,20-6-9-23(37-5)10-7-20)35-25(36)26(2,3)38-24-11-8-21(16-34-24)28(30,31)32/h6-14,16-17H,1-5H3,(H,35,36)/i5-1. The van der Waals surface area contributed by atoms with Crippen LogP contribution >= 0.6 is 0 Å². The molecule has 1 N–H and O–H groups in total. The summed E-state index contributed by atoms with van der Waals surface area (Å²) in [5, 5.41) is 12.3. The van der Waals surface area contributed by atoms with Gasteiger partial charge in [-0.25, -0.2) is 9.37 Å². The van der Waals surface area contributed by atoms with Crippen molar-refractivity contribution in [2.45, 2.75) is 50.9 Å². The maximum absolute atomic E-state index is 14.3. The van der Waals surface area contributed by atoms with Crippen LogP contribution in [0.15, 0.2) is 60.8 Å². The number of nitrogens with zero attached hydrogens (tertiary/aromatic N) is 2. The van der Waals surface area contributed by atoms with E-state index in [0.29, 0.717) is 23.1 Å². The minimum absolute atomic E-state index is 0.132. The van der Waals surface area contributed by atoms with Gasteiger partial charge in [-0.15, -0.1) is 0 Å². The van der Waals surface area contributed by atoms with Gasteiger partial charge >= 0.3 is 6.18 Å². The lowest BCUT2D eigenvalue weighted by Crippen LogP contribution is -2.55. The molecule has 0 saturated heterocycles. The van der Waals surface area contributed by atoms with Gasteiger partial charge in [0.1, 0.15) is 11.6 Å². The van der Waals surface area contributed by atoms with Crippen molar-refractivity contribution in [1.29, 1.82) is 5.26 Å². The molecule has 38 heavy (non-hydrogen) atoms. The lowest BCUT2D eigenvalue weighted by atomic mass is 9.76. The molecule has 2 atom stereocenters. The second kappa shape index (κ2) is 10.7. The number of benzene rings is 2. The van der Waals surface area contributed by atoms with E-state index in [2.05, 4.69) is 10.3 Å². The summed E-state index contributed by atoms with van der Waals surface area (Å²) in [7, 11) is 1.52. The number of carbonyl (C=O) groups excluding carboxylic acids is 1. The van der Waals surface area contributed by atoms with Crippen LogP contribution in [0.25, 0.3) is 0 Å². The van der Waals surface area contributed by atoms with Crippen LogP contribution in [0, 0.1) is 17.1 Å². The first-order chi connectivity index (χ1) is 17.7. The summed E-state index contributed by atoms with van der Waals surface area (Å²) in [5.74, 6) is -1.30. The summed E-state index contributed by atoms with van der Waals surface area (Å²) < 4.78 is 63.8. The van der Waals surface area contributed by atoms with Crippen LogP contribution in [0.4, 0.5) is 17.6 Å². The van der Waals surface area contributed by atoms with Crippen LogP contribution in [0.5, 0.6) is 11.6 Å². The van der Waals surface area contributed by atoms with Crippen molar-refractivity contribution in [3.05, 3.63) is 88.9 Å². The average Bonchev–Trinajstić information content (AvgIpc) is 2.87.